The smallest absolute Gasteiger partial charge is 0.317 e. The van der Waals surface area contributed by atoms with Crippen molar-refractivity contribution in [3.05, 3.63) is 42.0 Å². The standard InChI is InChI=1S/C15H18FN5O2S/c1-10(2)21(3)15-14(11-4-6-12(16)7-5-11)18-8-13(20-15)9-19-24(17,22)23/h4-10H,1-3H3,(H2,17,22,23)/b19-9+. The molecule has 2 N–H and O–H groups in total. The fourth-order valence-electron chi connectivity index (χ4n) is 1.88. The van der Waals surface area contributed by atoms with Crippen molar-refractivity contribution < 1.29 is 12.8 Å². The van der Waals surface area contributed by atoms with Crippen LogP contribution in [0.2, 0.25) is 0 Å². The van der Waals surface area contributed by atoms with Gasteiger partial charge in [0.05, 0.1) is 12.4 Å². The molecule has 0 radical (unpaired) electrons. The first-order valence-corrected chi connectivity index (χ1v) is 8.61. The van der Waals surface area contributed by atoms with Crippen molar-refractivity contribution in [2.45, 2.75) is 19.9 Å². The second-order valence-electron chi connectivity index (χ2n) is 5.43. The van der Waals surface area contributed by atoms with Crippen LogP contribution in [0, 0.1) is 5.82 Å². The highest BCUT2D eigenvalue weighted by Crippen LogP contribution is 2.27. The number of benzene rings is 1. The molecule has 0 saturated carbocycles. The van der Waals surface area contributed by atoms with Crippen LogP contribution in [0.4, 0.5) is 10.2 Å². The largest absolute Gasteiger partial charge is 0.355 e. The third-order valence-corrected chi connectivity index (χ3v) is 3.73. The Bertz CT molecular complexity index is 851. The lowest BCUT2D eigenvalue weighted by Gasteiger charge is -2.24. The first-order valence-electron chi connectivity index (χ1n) is 7.11. The number of anilines is 1. The molecule has 1 heterocycles. The van der Waals surface area contributed by atoms with Crippen LogP contribution in [0.25, 0.3) is 11.3 Å². The molecule has 0 aliphatic carbocycles. The summed E-state index contributed by atoms with van der Waals surface area (Å²) in [5, 5.41) is 4.84. The van der Waals surface area contributed by atoms with Crippen LogP contribution in [0.1, 0.15) is 19.5 Å². The van der Waals surface area contributed by atoms with Crippen LogP contribution in [0.3, 0.4) is 0 Å². The summed E-state index contributed by atoms with van der Waals surface area (Å²) in [7, 11) is -2.16. The molecule has 0 atom stereocenters. The number of nitrogens with zero attached hydrogens (tertiary/aromatic N) is 4. The van der Waals surface area contributed by atoms with E-state index in [9.17, 15) is 12.8 Å². The Kier molecular flexibility index (Phi) is 5.25. The van der Waals surface area contributed by atoms with Gasteiger partial charge in [0.2, 0.25) is 0 Å². The van der Waals surface area contributed by atoms with Crippen molar-refractivity contribution in [3.8, 4) is 11.3 Å². The van der Waals surface area contributed by atoms with E-state index in [1.165, 1.54) is 18.3 Å². The third-order valence-electron chi connectivity index (χ3n) is 3.33. The fraction of sp³-hybridized carbons (Fsp3) is 0.267. The first kappa shape index (κ1) is 18.0. The minimum atomic E-state index is -3.99. The minimum absolute atomic E-state index is 0.115. The maximum atomic E-state index is 13.1. The molecule has 2 rings (SSSR count). The van der Waals surface area contributed by atoms with Gasteiger partial charge < -0.3 is 4.90 Å². The van der Waals surface area contributed by atoms with E-state index in [0.717, 1.165) is 6.21 Å². The molecule has 0 bridgehead atoms. The van der Waals surface area contributed by atoms with Crippen LogP contribution >= 0.6 is 0 Å². The van der Waals surface area contributed by atoms with Gasteiger partial charge in [0, 0.05) is 18.7 Å². The van der Waals surface area contributed by atoms with Gasteiger partial charge in [-0.3, -0.25) is 4.98 Å². The zero-order chi connectivity index (χ0) is 17.9. The summed E-state index contributed by atoms with van der Waals surface area (Å²) in [5.74, 6) is 0.178. The van der Waals surface area contributed by atoms with Crippen LogP contribution in [-0.4, -0.2) is 37.7 Å². The molecule has 7 nitrogen and oxygen atoms in total. The van der Waals surface area contributed by atoms with Gasteiger partial charge in [0.15, 0.2) is 5.82 Å². The van der Waals surface area contributed by atoms with E-state index >= 15 is 0 Å². The van der Waals surface area contributed by atoms with Crippen molar-refractivity contribution in [2.24, 2.45) is 9.54 Å². The minimum Gasteiger partial charge on any atom is -0.355 e. The second-order valence-corrected chi connectivity index (χ2v) is 6.67. The van der Waals surface area contributed by atoms with Gasteiger partial charge in [-0.25, -0.2) is 14.5 Å². The Balaban J connectivity index is 2.54. The van der Waals surface area contributed by atoms with Crippen LogP contribution in [0.15, 0.2) is 34.9 Å². The molecule has 0 spiro atoms. The summed E-state index contributed by atoms with van der Waals surface area (Å²) < 4.78 is 38.2. The third kappa shape index (κ3) is 4.56. The molecule has 0 fully saturated rings. The highest BCUT2D eigenvalue weighted by atomic mass is 32.2. The Morgan fingerprint density at radius 1 is 1.29 bits per heavy atom. The Morgan fingerprint density at radius 3 is 2.46 bits per heavy atom. The van der Waals surface area contributed by atoms with Gasteiger partial charge in [-0.1, -0.05) is 0 Å². The Morgan fingerprint density at radius 2 is 1.92 bits per heavy atom. The van der Waals surface area contributed by atoms with E-state index in [1.54, 1.807) is 12.1 Å². The molecule has 0 amide bonds. The van der Waals surface area contributed by atoms with Crippen molar-refractivity contribution in [1.29, 1.82) is 0 Å². The lowest BCUT2D eigenvalue weighted by Crippen LogP contribution is -2.27. The number of nitrogens with two attached hydrogens (primary N) is 1. The maximum absolute atomic E-state index is 13.1. The van der Waals surface area contributed by atoms with Gasteiger partial charge in [-0.15, -0.1) is 0 Å². The highest BCUT2D eigenvalue weighted by molar-refractivity contribution is 7.87. The monoisotopic (exact) mass is 351 g/mol. The lowest BCUT2D eigenvalue weighted by molar-refractivity contribution is 0.600. The Hall–Kier alpha value is -2.39. The molecule has 0 aliphatic rings. The van der Waals surface area contributed by atoms with Crippen LogP contribution in [-0.2, 0) is 10.2 Å². The zero-order valence-electron chi connectivity index (χ0n) is 13.5. The van der Waals surface area contributed by atoms with Crippen molar-refractivity contribution in [2.75, 3.05) is 11.9 Å². The Labute approximate surface area is 140 Å². The van der Waals surface area contributed by atoms with Crippen molar-refractivity contribution in [1.82, 2.24) is 9.97 Å². The average molecular weight is 351 g/mol. The number of hydrogen-bond acceptors (Lipinski definition) is 5. The summed E-state index contributed by atoms with van der Waals surface area (Å²) in [6.45, 7) is 3.95. The van der Waals surface area contributed by atoms with Gasteiger partial charge in [-0.2, -0.15) is 12.8 Å². The predicted molar refractivity (Wildman–Crippen MR) is 91.7 cm³/mol. The van der Waals surface area contributed by atoms with Crippen molar-refractivity contribution >= 4 is 22.2 Å². The molecule has 9 heteroatoms. The van der Waals surface area contributed by atoms with Crippen LogP contribution in [0.5, 0.6) is 0 Å². The number of aromatic nitrogens is 2. The van der Waals surface area contributed by atoms with Crippen molar-refractivity contribution in [3.63, 3.8) is 0 Å². The number of halogens is 1. The molecule has 1 aromatic carbocycles. The van der Waals surface area contributed by atoms with Gasteiger partial charge in [0.1, 0.15) is 17.2 Å². The summed E-state index contributed by atoms with van der Waals surface area (Å²) in [5.41, 5.74) is 1.50. The molecule has 0 saturated heterocycles. The molecule has 2 aromatic rings. The topological polar surface area (TPSA) is 102 Å². The summed E-state index contributed by atoms with van der Waals surface area (Å²) in [6.07, 6.45) is 2.42. The number of rotatable bonds is 5. The normalized spacial score (nSPS) is 12.1. The quantitative estimate of drug-likeness (QED) is 0.827. The van der Waals surface area contributed by atoms with E-state index in [2.05, 4.69) is 14.4 Å². The second kappa shape index (κ2) is 7.02. The van der Waals surface area contributed by atoms with Crippen LogP contribution < -0.4 is 10.0 Å². The molecule has 24 heavy (non-hydrogen) atoms. The summed E-state index contributed by atoms with van der Waals surface area (Å²) in [4.78, 5) is 10.6. The molecule has 0 aliphatic heterocycles. The maximum Gasteiger partial charge on any atom is 0.317 e. The molecular weight excluding hydrogens is 333 g/mol. The average Bonchev–Trinajstić information content (AvgIpc) is 2.52. The lowest BCUT2D eigenvalue weighted by atomic mass is 10.1. The fourth-order valence-corrected chi connectivity index (χ4v) is 2.14. The summed E-state index contributed by atoms with van der Waals surface area (Å²) in [6, 6.07) is 6.01. The number of hydrogen-bond donors (Lipinski definition) is 1. The van der Waals surface area contributed by atoms with Gasteiger partial charge >= 0.3 is 10.2 Å². The zero-order valence-corrected chi connectivity index (χ0v) is 14.3. The van der Waals surface area contributed by atoms with Gasteiger partial charge in [0.25, 0.3) is 0 Å². The van der Waals surface area contributed by atoms with Gasteiger partial charge in [-0.05, 0) is 38.1 Å². The highest BCUT2D eigenvalue weighted by Gasteiger charge is 2.16. The SMILES string of the molecule is CC(C)N(C)c1nc(/C=N/S(N)(=O)=O)cnc1-c1ccc(F)cc1. The van der Waals surface area contributed by atoms with E-state index in [1.807, 2.05) is 25.8 Å². The molecule has 1 aromatic heterocycles. The van der Waals surface area contributed by atoms with E-state index in [-0.39, 0.29) is 17.6 Å². The molecule has 0 unspecified atom stereocenters. The first-order chi connectivity index (χ1) is 11.2. The summed E-state index contributed by atoms with van der Waals surface area (Å²) >= 11 is 0. The van der Waals surface area contributed by atoms with E-state index in [0.29, 0.717) is 17.1 Å². The van der Waals surface area contributed by atoms with E-state index in [4.69, 9.17) is 5.14 Å². The molecular formula is C15H18FN5O2S. The van der Waals surface area contributed by atoms with E-state index < -0.39 is 10.2 Å². The predicted octanol–water partition coefficient (Wildman–Crippen LogP) is 1.75. The molecule has 128 valence electrons.